The molecule has 0 heterocycles. The normalized spacial score (nSPS) is 13.6. The first-order valence-electron chi connectivity index (χ1n) is 2.95. The highest BCUT2D eigenvalue weighted by atomic mass is 28.2. The quantitative estimate of drug-likeness (QED) is 0.321. The van der Waals surface area contributed by atoms with Crippen molar-refractivity contribution in [3.8, 4) is 0 Å². The van der Waals surface area contributed by atoms with Gasteiger partial charge in [-0.15, -0.1) is 0 Å². The van der Waals surface area contributed by atoms with Crippen molar-refractivity contribution >= 4 is 10.5 Å². The van der Waals surface area contributed by atoms with Gasteiger partial charge in [-0.3, -0.25) is 0 Å². The van der Waals surface area contributed by atoms with Crippen LogP contribution in [0.15, 0.2) is 12.2 Å². The van der Waals surface area contributed by atoms with E-state index in [1.165, 1.54) is 0 Å². The maximum absolute atomic E-state index is 5.17. The Kier molecular flexibility index (Phi) is 4.66. The SMILES string of the molecule is C=C(C)COC(C)O[SiH3]. The third-order valence-corrected chi connectivity index (χ3v) is 1.56. The van der Waals surface area contributed by atoms with Crippen LogP contribution >= 0.6 is 0 Å². The number of ether oxygens (including phenoxy) is 1. The highest BCUT2D eigenvalue weighted by molar-refractivity contribution is 5.98. The molecule has 0 bridgehead atoms. The average molecular weight is 146 g/mol. The molecule has 0 aliphatic rings. The number of hydrogen-bond donors (Lipinski definition) is 0. The van der Waals surface area contributed by atoms with Crippen molar-refractivity contribution in [2.75, 3.05) is 6.61 Å². The molecule has 3 heteroatoms. The fraction of sp³-hybridized carbons (Fsp3) is 0.667. The van der Waals surface area contributed by atoms with E-state index >= 15 is 0 Å². The van der Waals surface area contributed by atoms with Gasteiger partial charge in [-0.2, -0.15) is 0 Å². The molecule has 9 heavy (non-hydrogen) atoms. The Labute approximate surface area is 59.4 Å². The van der Waals surface area contributed by atoms with Gasteiger partial charge in [0.1, 0.15) is 16.8 Å². The summed E-state index contributed by atoms with van der Waals surface area (Å²) >= 11 is 0. The molecule has 0 aliphatic heterocycles. The van der Waals surface area contributed by atoms with Crippen molar-refractivity contribution in [1.29, 1.82) is 0 Å². The second-order valence-electron chi connectivity index (χ2n) is 2.07. The predicted octanol–water partition coefficient (Wildman–Crippen LogP) is 0.222. The van der Waals surface area contributed by atoms with E-state index in [9.17, 15) is 0 Å². The molecule has 1 atom stereocenters. The van der Waals surface area contributed by atoms with Crippen LogP contribution in [0.25, 0.3) is 0 Å². The Morgan fingerprint density at radius 3 is 2.67 bits per heavy atom. The van der Waals surface area contributed by atoms with E-state index in [1.54, 1.807) is 0 Å². The van der Waals surface area contributed by atoms with Crippen molar-refractivity contribution in [3.05, 3.63) is 12.2 Å². The summed E-state index contributed by atoms with van der Waals surface area (Å²) in [5, 5.41) is 0. The van der Waals surface area contributed by atoms with Crippen LogP contribution in [0.1, 0.15) is 13.8 Å². The highest BCUT2D eigenvalue weighted by Gasteiger charge is 1.95. The molecule has 0 aromatic carbocycles. The summed E-state index contributed by atoms with van der Waals surface area (Å²) in [7, 11) is 0.728. The molecule has 0 fully saturated rings. The smallest absolute Gasteiger partial charge is 0.149 e. The average Bonchev–Trinajstić information content (AvgIpc) is 1.83. The molecule has 0 aliphatic carbocycles. The molecule has 0 rings (SSSR count). The van der Waals surface area contributed by atoms with Crippen LogP contribution in [-0.2, 0) is 9.16 Å². The van der Waals surface area contributed by atoms with Gasteiger partial charge in [0.2, 0.25) is 0 Å². The molecule has 0 aromatic rings. The Bertz CT molecular complexity index is 93.1. The summed E-state index contributed by atoms with van der Waals surface area (Å²) < 4.78 is 10.1. The minimum absolute atomic E-state index is 0.0617. The van der Waals surface area contributed by atoms with Crippen molar-refractivity contribution in [2.45, 2.75) is 20.1 Å². The third-order valence-electron chi connectivity index (χ3n) is 0.896. The molecular weight excluding hydrogens is 132 g/mol. The molecule has 1 unspecified atom stereocenters. The lowest BCUT2D eigenvalue weighted by atomic mass is 10.4. The van der Waals surface area contributed by atoms with E-state index in [4.69, 9.17) is 9.16 Å². The first-order chi connectivity index (χ1) is 4.16. The topological polar surface area (TPSA) is 18.5 Å². The summed E-state index contributed by atoms with van der Waals surface area (Å²) in [6.45, 7) is 8.11. The van der Waals surface area contributed by atoms with E-state index in [1.807, 2.05) is 13.8 Å². The van der Waals surface area contributed by atoms with Gasteiger partial charge >= 0.3 is 0 Å². The van der Waals surface area contributed by atoms with Crippen molar-refractivity contribution in [3.63, 3.8) is 0 Å². The van der Waals surface area contributed by atoms with Gasteiger partial charge in [0.05, 0.1) is 6.61 Å². The molecule has 0 aromatic heterocycles. The van der Waals surface area contributed by atoms with Crippen molar-refractivity contribution in [1.82, 2.24) is 0 Å². The van der Waals surface area contributed by atoms with Gasteiger partial charge in [-0.1, -0.05) is 12.2 Å². The van der Waals surface area contributed by atoms with Crippen molar-refractivity contribution in [2.24, 2.45) is 0 Å². The Morgan fingerprint density at radius 2 is 2.33 bits per heavy atom. The lowest BCUT2D eigenvalue weighted by molar-refractivity contribution is -0.0530. The largest absolute Gasteiger partial charge is 0.404 e. The molecule has 0 amide bonds. The van der Waals surface area contributed by atoms with Crippen molar-refractivity contribution < 1.29 is 9.16 Å². The number of hydrogen-bond acceptors (Lipinski definition) is 2. The number of rotatable bonds is 4. The van der Waals surface area contributed by atoms with Crippen LogP contribution in [0.5, 0.6) is 0 Å². The molecule has 0 saturated heterocycles. The van der Waals surface area contributed by atoms with E-state index in [0.29, 0.717) is 6.61 Å². The van der Waals surface area contributed by atoms with Crippen LogP contribution in [0.3, 0.4) is 0 Å². The van der Waals surface area contributed by atoms with Crippen LogP contribution in [0, 0.1) is 0 Å². The maximum atomic E-state index is 5.17. The minimum Gasteiger partial charge on any atom is -0.404 e. The Morgan fingerprint density at radius 1 is 1.78 bits per heavy atom. The first kappa shape index (κ1) is 8.88. The van der Waals surface area contributed by atoms with Crippen LogP contribution < -0.4 is 0 Å². The first-order valence-corrected chi connectivity index (χ1v) is 3.77. The van der Waals surface area contributed by atoms with Crippen LogP contribution in [0.2, 0.25) is 0 Å². The van der Waals surface area contributed by atoms with Gasteiger partial charge in [-0.05, 0) is 13.8 Å². The fourth-order valence-electron chi connectivity index (χ4n) is 0.328. The summed E-state index contributed by atoms with van der Waals surface area (Å²) in [5.41, 5.74) is 1.03. The van der Waals surface area contributed by atoms with Crippen LogP contribution in [0.4, 0.5) is 0 Å². The summed E-state index contributed by atoms with van der Waals surface area (Å²) in [6, 6.07) is 0. The van der Waals surface area contributed by atoms with E-state index in [-0.39, 0.29) is 6.29 Å². The molecule has 0 saturated carbocycles. The van der Waals surface area contributed by atoms with Gasteiger partial charge < -0.3 is 9.16 Å². The lowest BCUT2D eigenvalue weighted by Crippen LogP contribution is -2.11. The molecule has 0 radical (unpaired) electrons. The second-order valence-corrected chi connectivity index (χ2v) is 2.54. The minimum atomic E-state index is -0.0617. The molecule has 54 valence electrons. The van der Waals surface area contributed by atoms with E-state index in [0.717, 1.165) is 16.1 Å². The summed E-state index contributed by atoms with van der Waals surface area (Å²) in [4.78, 5) is 0. The van der Waals surface area contributed by atoms with Gasteiger partial charge in [0, 0.05) is 0 Å². The van der Waals surface area contributed by atoms with Crippen LogP contribution in [-0.4, -0.2) is 23.4 Å². The summed E-state index contributed by atoms with van der Waals surface area (Å²) in [6.07, 6.45) is -0.0617. The van der Waals surface area contributed by atoms with Gasteiger partial charge in [-0.25, -0.2) is 0 Å². The third kappa shape index (κ3) is 5.75. The Balaban J connectivity index is 3.16. The van der Waals surface area contributed by atoms with Gasteiger partial charge in [0.25, 0.3) is 0 Å². The lowest BCUT2D eigenvalue weighted by Gasteiger charge is -2.10. The molecular formula is C6H14O2Si. The zero-order chi connectivity index (χ0) is 7.28. The van der Waals surface area contributed by atoms with Gasteiger partial charge in [0.15, 0.2) is 0 Å². The fourth-order valence-corrected chi connectivity index (χ4v) is 0.464. The highest BCUT2D eigenvalue weighted by Crippen LogP contribution is 1.94. The molecule has 0 spiro atoms. The zero-order valence-electron chi connectivity index (χ0n) is 6.31. The second kappa shape index (κ2) is 4.73. The zero-order valence-corrected chi connectivity index (χ0v) is 8.31. The monoisotopic (exact) mass is 146 g/mol. The van der Waals surface area contributed by atoms with E-state index < -0.39 is 0 Å². The molecule has 0 N–H and O–H groups in total. The predicted molar refractivity (Wildman–Crippen MR) is 41.3 cm³/mol. The molecule has 2 nitrogen and oxygen atoms in total. The standard InChI is InChI=1S/C6H14O2Si/c1-5(2)4-7-6(3)8-9/h6H,1,4H2,2-3,9H3. The van der Waals surface area contributed by atoms with E-state index in [2.05, 4.69) is 6.58 Å². The Hall–Kier alpha value is -0.123. The summed E-state index contributed by atoms with van der Waals surface area (Å²) in [5.74, 6) is 0. The maximum Gasteiger partial charge on any atom is 0.149 e.